The Kier molecular flexibility index (Phi) is 5.86. The maximum atomic E-state index is 12.9. The van der Waals surface area contributed by atoms with E-state index in [2.05, 4.69) is 48.5 Å². The number of carboxylic acid groups (broad SMARTS) is 2. The van der Waals surface area contributed by atoms with Gasteiger partial charge in [0.15, 0.2) is 0 Å². The molecule has 0 aliphatic heterocycles. The van der Waals surface area contributed by atoms with Gasteiger partial charge in [0.05, 0.1) is 17.4 Å². The van der Waals surface area contributed by atoms with Gasteiger partial charge in [-0.3, -0.25) is 9.59 Å². The highest BCUT2D eigenvalue weighted by Crippen LogP contribution is 2.77. The first-order chi connectivity index (χ1) is 16.6. The molecule has 0 bridgehead atoms. The topological polar surface area (TPSA) is 94.8 Å². The molecule has 5 aliphatic rings. The van der Waals surface area contributed by atoms with E-state index in [1.165, 1.54) is 0 Å². The van der Waals surface area contributed by atoms with Crippen molar-refractivity contribution in [1.29, 1.82) is 0 Å². The molecule has 5 saturated carbocycles. The fourth-order valence-electron chi connectivity index (χ4n) is 12.0. The Hall–Kier alpha value is -1.10. The maximum absolute atomic E-state index is 12.9. The monoisotopic (exact) mass is 502 g/mol. The van der Waals surface area contributed by atoms with Crippen LogP contribution < -0.4 is 0 Å². The summed E-state index contributed by atoms with van der Waals surface area (Å²) in [6.07, 6.45) is 7.31. The Morgan fingerprint density at radius 2 is 1.44 bits per heavy atom. The van der Waals surface area contributed by atoms with Crippen molar-refractivity contribution in [2.24, 2.45) is 68.5 Å². The van der Waals surface area contributed by atoms with Gasteiger partial charge in [0.25, 0.3) is 0 Å². The van der Waals surface area contributed by atoms with Gasteiger partial charge in [0.2, 0.25) is 0 Å². The Morgan fingerprint density at radius 1 is 0.778 bits per heavy atom. The van der Waals surface area contributed by atoms with Crippen LogP contribution in [-0.2, 0) is 9.59 Å². The van der Waals surface area contributed by atoms with Gasteiger partial charge in [-0.1, -0.05) is 48.5 Å². The lowest BCUT2D eigenvalue weighted by Crippen LogP contribution is -2.70. The van der Waals surface area contributed by atoms with Gasteiger partial charge in [-0.25, -0.2) is 0 Å². The molecule has 0 aromatic rings. The summed E-state index contributed by atoms with van der Waals surface area (Å²) in [6.45, 7) is 16.1. The summed E-state index contributed by atoms with van der Waals surface area (Å²) in [5.41, 5.74) is -1.21. The first kappa shape index (κ1) is 26.5. The van der Waals surface area contributed by atoms with E-state index in [1.54, 1.807) is 0 Å². The average Bonchev–Trinajstić information content (AvgIpc) is 2.78. The van der Waals surface area contributed by atoms with Gasteiger partial charge < -0.3 is 15.3 Å². The zero-order chi connectivity index (χ0) is 26.6. The summed E-state index contributed by atoms with van der Waals surface area (Å²) >= 11 is 0. The van der Waals surface area contributed by atoms with Crippen molar-refractivity contribution in [3.8, 4) is 0 Å². The highest BCUT2D eigenvalue weighted by molar-refractivity contribution is 5.75. The van der Waals surface area contributed by atoms with Gasteiger partial charge in [0.1, 0.15) is 0 Å². The van der Waals surface area contributed by atoms with Crippen LogP contribution in [0.1, 0.15) is 106 Å². The second-order valence-corrected chi connectivity index (χ2v) is 15.4. The predicted octanol–water partition coefficient (Wildman–Crippen LogP) is 6.48. The van der Waals surface area contributed by atoms with Crippen molar-refractivity contribution in [2.45, 2.75) is 112 Å². The Balaban J connectivity index is 1.57. The van der Waals surface area contributed by atoms with Crippen LogP contribution in [0.15, 0.2) is 0 Å². The lowest BCUT2D eigenvalue weighted by Gasteiger charge is -2.74. The summed E-state index contributed by atoms with van der Waals surface area (Å²) in [5, 5.41) is 32.3. The molecule has 204 valence electrons. The number of hydrogen-bond acceptors (Lipinski definition) is 3. The molecule has 2 unspecified atom stereocenters. The second kappa shape index (κ2) is 7.96. The van der Waals surface area contributed by atoms with Crippen molar-refractivity contribution < 1.29 is 24.9 Å². The van der Waals surface area contributed by atoms with Crippen molar-refractivity contribution in [3.05, 3.63) is 0 Å². The number of fused-ring (bicyclic) bond motifs is 7. The zero-order valence-corrected chi connectivity index (χ0v) is 23.6. The molecular formula is C31H50O5. The zero-order valence-electron chi connectivity index (χ0n) is 23.6. The van der Waals surface area contributed by atoms with E-state index >= 15 is 0 Å². The van der Waals surface area contributed by atoms with Crippen molar-refractivity contribution in [3.63, 3.8) is 0 Å². The molecular weight excluding hydrogens is 452 g/mol. The van der Waals surface area contributed by atoms with E-state index in [1.807, 2.05) is 0 Å². The molecule has 5 heteroatoms. The first-order valence-electron chi connectivity index (χ1n) is 14.7. The van der Waals surface area contributed by atoms with Crippen LogP contribution in [0, 0.1) is 68.5 Å². The summed E-state index contributed by atoms with van der Waals surface area (Å²) in [5.74, 6) is 0.193. The molecule has 0 spiro atoms. The lowest BCUT2D eigenvalue weighted by atomic mass is 9.30. The molecule has 0 amide bonds. The van der Waals surface area contributed by atoms with E-state index in [-0.39, 0.29) is 33.5 Å². The quantitative estimate of drug-likeness (QED) is 0.402. The fourth-order valence-corrected chi connectivity index (χ4v) is 12.0. The Labute approximate surface area is 217 Å². The minimum Gasteiger partial charge on any atom is -0.481 e. The van der Waals surface area contributed by atoms with Crippen LogP contribution in [0.25, 0.3) is 0 Å². The van der Waals surface area contributed by atoms with Crippen LogP contribution in [0.3, 0.4) is 0 Å². The molecule has 0 aromatic carbocycles. The number of aliphatic hydroxyl groups is 1. The number of aliphatic carboxylic acids is 2. The molecule has 0 aromatic heterocycles. The fraction of sp³-hybridized carbons (Fsp3) is 0.935. The SMILES string of the molecule is C[C@@H]1[C@H]2[C@H]3CC[C@@H]4[C@@]5(C)C(O)CC(C(=O)O)C(C)(C)[C@@H]5CC[C@@]4(C)[C@]3(C)CC[C@@]2(C(=O)O)CC[C@H]1C. The van der Waals surface area contributed by atoms with Gasteiger partial charge in [-0.2, -0.15) is 0 Å². The van der Waals surface area contributed by atoms with Gasteiger partial charge in [-0.15, -0.1) is 0 Å². The molecule has 12 atom stereocenters. The van der Waals surface area contributed by atoms with Gasteiger partial charge in [0, 0.05) is 5.41 Å². The van der Waals surface area contributed by atoms with Crippen LogP contribution in [0.5, 0.6) is 0 Å². The van der Waals surface area contributed by atoms with Crippen molar-refractivity contribution in [2.75, 3.05) is 0 Å². The maximum Gasteiger partial charge on any atom is 0.309 e. The predicted molar refractivity (Wildman–Crippen MR) is 139 cm³/mol. The number of rotatable bonds is 2. The third-order valence-electron chi connectivity index (χ3n) is 14.5. The normalized spacial score (nSPS) is 55.9. The summed E-state index contributed by atoms with van der Waals surface area (Å²) in [6, 6.07) is 0. The Morgan fingerprint density at radius 3 is 2.06 bits per heavy atom. The van der Waals surface area contributed by atoms with Crippen molar-refractivity contribution >= 4 is 11.9 Å². The molecule has 0 radical (unpaired) electrons. The molecule has 0 saturated heterocycles. The highest BCUT2D eigenvalue weighted by atomic mass is 16.4. The van der Waals surface area contributed by atoms with E-state index in [9.17, 15) is 24.9 Å². The van der Waals surface area contributed by atoms with E-state index in [4.69, 9.17) is 0 Å². The molecule has 5 rings (SSSR count). The molecule has 5 fully saturated rings. The number of carboxylic acids is 2. The minimum atomic E-state index is -0.775. The van der Waals surface area contributed by atoms with Crippen LogP contribution in [0.2, 0.25) is 0 Å². The average molecular weight is 503 g/mol. The molecule has 5 aliphatic carbocycles. The standard InChI is InChI=1S/C31H50O5/c1-17-10-13-31(26(35)36)15-14-28(5)19(24(31)18(17)2)8-9-22-29(28,6)12-11-21-27(3,4)20(25(33)34)16-23(32)30(21,22)7/h17-24,32H,8-16H2,1-7H3,(H,33,34)(H,35,36)/t17-,18+,19-,20?,21+,22+,23?,24+,28-,29-,30+,31+/m1/s1. The summed E-state index contributed by atoms with van der Waals surface area (Å²) in [4.78, 5) is 25.1. The molecule has 3 N–H and O–H groups in total. The van der Waals surface area contributed by atoms with Crippen LogP contribution in [0.4, 0.5) is 0 Å². The van der Waals surface area contributed by atoms with Crippen LogP contribution >= 0.6 is 0 Å². The van der Waals surface area contributed by atoms with Gasteiger partial charge in [-0.05, 0) is 110 Å². The van der Waals surface area contributed by atoms with Gasteiger partial charge >= 0.3 is 11.9 Å². The minimum absolute atomic E-state index is 0.0132. The first-order valence-corrected chi connectivity index (χ1v) is 14.7. The number of hydrogen-bond donors (Lipinski definition) is 3. The summed E-state index contributed by atoms with van der Waals surface area (Å²) < 4.78 is 0. The molecule has 0 heterocycles. The van der Waals surface area contributed by atoms with Crippen molar-refractivity contribution in [1.82, 2.24) is 0 Å². The third kappa shape index (κ3) is 2.99. The number of carbonyl (C=O) groups is 2. The largest absolute Gasteiger partial charge is 0.481 e. The lowest BCUT2D eigenvalue weighted by molar-refractivity contribution is -0.275. The van der Waals surface area contributed by atoms with Crippen LogP contribution in [-0.4, -0.2) is 33.4 Å². The molecule has 5 nitrogen and oxygen atoms in total. The van der Waals surface area contributed by atoms with E-state index < -0.39 is 29.4 Å². The third-order valence-corrected chi connectivity index (χ3v) is 14.5. The smallest absolute Gasteiger partial charge is 0.309 e. The highest BCUT2D eigenvalue weighted by Gasteiger charge is 2.73. The Bertz CT molecular complexity index is 943. The molecule has 36 heavy (non-hydrogen) atoms. The van der Waals surface area contributed by atoms with E-state index in [0.29, 0.717) is 30.1 Å². The number of aliphatic hydroxyl groups excluding tert-OH is 1. The second-order valence-electron chi connectivity index (χ2n) is 15.4. The summed E-state index contributed by atoms with van der Waals surface area (Å²) in [7, 11) is 0. The van der Waals surface area contributed by atoms with E-state index in [0.717, 1.165) is 51.4 Å².